The van der Waals surface area contributed by atoms with Crippen LogP contribution in [-0.2, 0) is 5.41 Å². The minimum absolute atomic E-state index is 0.165. The highest BCUT2D eigenvalue weighted by atomic mass is 35.5. The smallest absolute Gasteiger partial charge is 0.122 e. The first-order valence-corrected chi connectivity index (χ1v) is 8.47. The average Bonchev–Trinajstić information content (AvgIpc) is 2.47. The summed E-state index contributed by atoms with van der Waals surface area (Å²) in [5, 5.41) is 4.35. The van der Waals surface area contributed by atoms with Crippen LogP contribution in [0.3, 0.4) is 0 Å². The number of nitrogens with one attached hydrogen (secondary N) is 1. The van der Waals surface area contributed by atoms with Crippen molar-refractivity contribution < 1.29 is 4.74 Å². The van der Waals surface area contributed by atoms with Gasteiger partial charge in [-0.2, -0.15) is 0 Å². The van der Waals surface area contributed by atoms with Gasteiger partial charge in [0.25, 0.3) is 0 Å². The SMILES string of the molecule is CCNCC1(c2cc(Cl)ccc2OC)CC(CC)(CC)C1. The lowest BCUT2D eigenvalue weighted by Gasteiger charge is -2.57. The van der Waals surface area contributed by atoms with Gasteiger partial charge in [-0.15, -0.1) is 0 Å². The highest BCUT2D eigenvalue weighted by Crippen LogP contribution is 2.60. The molecule has 118 valence electrons. The summed E-state index contributed by atoms with van der Waals surface area (Å²) >= 11 is 6.26. The lowest BCUT2D eigenvalue weighted by atomic mass is 9.48. The molecule has 0 bridgehead atoms. The van der Waals surface area contributed by atoms with Crippen LogP contribution in [-0.4, -0.2) is 20.2 Å². The van der Waals surface area contributed by atoms with Gasteiger partial charge in [-0.25, -0.2) is 0 Å². The molecule has 0 saturated heterocycles. The number of likely N-dealkylation sites (N-methyl/N-ethyl adjacent to an activating group) is 1. The zero-order chi connectivity index (χ0) is 15.5. The van der Waals surface area contributed by atoms with Crippen molar-refractivity contribution >= 4 is 11.6 Å². The van der Waals surface area contributed by atoms with Crippen LogP contribution in [0.5, 0.6) is 5.75 Å². The molecule has 0 atom stereocenters. The molecule has 0 aromatic heterocycles. The predicted molar refractivity (Wildman–Crippen MR) is 90.5 cm³/mol. The molecular formula is C18H28ClNO. The van der Waals surface area contributed by atoms with Gasteiger partial charge in [-0.05, 0) is 43.0 Å². The summed E-state index contributed by atoms with van der Waals surface area (Å²) in [7, 11) is 1.75. The number of methoxy groups -OCH3 is 1. The average molecular weight is 310 g/mol. The fourth-order valence-corrected chi connectivity index (χ4v) is 4.18. The Balaban J connectivity index is 2.36. The molecule has 0 spiro atoms. The Labute approximate surface area is 134 Å². The number of halogens is 1. The van der Waals surface area contributed by atoms with E-state index in [0.29, 0.717) is 5.41 Å². The third-order valence-electron chi connectivity index (χ3n) is 5.37. The fraction of sp³-hybridized carbons (Fsp3) is 0.667. The van der Waals surface area contributed by atoms with Crippen LogP contribution in [0.2, 0.25) is 5.02 Å². The molecule has 1 aliphatic carbocycles. The van der Waals surface area contributed by atoms with E-state index < -0.39 is 0 Å². The van der Waals surface area contributed by atoms with E-state index in [-0.39, 0.29) is 5.41 Å². The third kappa shape index (κ3) is 3.07. The normalized spacial score (nSPS) is 19.1. The maximum absolute atomic E-state index is 6.26. The van der Waals surface area contributed by atoms with Gasteiger partial charge < -0.3 is 10.1 Å². The molecule has 1 aromatic carbocycles. The molecule has 0 aliphatic heterocycles. The molecular weight excluding hydrogens is 282 g/mol. The van der Waals surface area contributed by atoms with Crippen molar-refractivity contribution in [2.45, 2.75) is 51.9 Å². The van der Waals surface area contributed by atoms with E-state index in [1.54, 1.807) is 7.11 Å². The number of hydrogen-bond donors (Lipinski definition) is 1. The quantitative estimate of drug-likeness (QED) is 0.781. The van der Waals surface area contributed by atoms with Gasteiger partial charge in [-0.1, -0.05) is 45.2 Å². The largest absolute Gasteiger partial charge is 0.496 e. The zero-order valence-corrected chi connectivity index (χ0v) is 14.5. The fourth-order valence-electron chi connectivity index (χ4n) is 4.00. The molecule has 1 N–H and O–H groups in total. The third-order valence-corrected chi connectivity index (χ3v) is 5.61. The van der Waals surface area contributed by atoms with Crippen LogP contribution in [0.1, 0.15) is 52.0 Å². The minimum Gasteiger partial charge on any atom is -0.496 e. The van der Waals surface area contributed by atoms with E-state index >= 15 is 0 Å². The van der Waals surface area contributed by atoms with Gasteiger partial charge >= 0.3 is 0 Å². The summed E-state index contributed by atoms with van der Waals surface area (Å²) in [5.74, 6) is 0.970. The van der Waals surface area contributed by atoms with E-state index in [1.807, 2.05) is 12.1 Å². The van der Waals surface area contributed by atoms with Crippen molar-refractivity contribution in [2.75, 3.05) is 20.2 Å². The summed E-state index contributed by atoms with van der Waals surface area (Å²) in [5.41, 5.74) is 1.93. The van der Waals surface area contributed by atoms with Gasteiger partial charge in [0.2, 0.25) is 0 Å². The number of rotatable bonds is 7. The van der Waals surface area contributed by atoms with Gasteiger partial charge in [0.05, 0.1) is 7.11 Å². The van der Waals surface area contributed by atoms with Crippen LogP contribution < -0.4 is 10.1 Å². The van der Waals surface area contributed by atoms with E-state index in [1.165, 1.54) is 31.2 Å². The second-order valence-corrected chi connectivity index (χ2v) is 6.90. The Bertz CT molecular complexity index is 474. The highest BCUT2D eigenvalue weighted by molar-refractivity contribution is 6.30. The Kier molecular flexibility index (Phi) is 5.21. The van der Waals surface area contributed by atoms with E-state index in [0.717, 1.165) is 23.9 Å². The van der Waals surface area contributed by atoms with E-state index in [4.69, 9.17) is 16.3 Å². The van der Waals surface area contributed by atoms with Crippen LogP contribution in [0, 0.1) is 5.41 Å². The van der Waals surface area contributed by atoms with E-state index in [2.05, 4.69) is 32.2 Å². The number of hydrogen-bond acceptors (Lipinski definition) is 2. The predicted octanol–water partition coefficient (Wildman–Crippen LogP) is 4.80. The van der Waals surface area contributed by atoms with Crippen molar-refractivity contribution in [3.63, 3.8) is 0 Å². The first kappa shape index (κ1) is 16.6. The van der Waals surface area contributed by atoms with Gasteiger partial charge in [0.15, 0.2) is 0 Å². The lowest BCUT2D eigenvalue weighted by molar-refractivity contribution is 0.0119. The molecule has 2 nitrogen and oxygen atoms in total. The Morgan fingerprint density at radius 3 is 2.38 bits per heavy atom. The van der Waals surface area contributed by atoms with Gasteiger partial charge in [0, 0.05) is 22.5 Å². The summed E-state index contributed by atoms with van der Waals surface area (Å²) in [6.45, 7) is 8.79. The summed E-state index contributed by atoms with van der Waals surface area (Å²) in [4.78, 5) is 0. The van der Waals surface area contributed by atoms with Crippen molar-refractivity contribution in [2.24, 2.45) is 5.41 Å². The number of ether oxygens (including phenoxy) is 1. The second kappa shape index (κ2) is 6.58. The molecule has 2 rings (SSSR count). The van der Waals surface area contributed by atoms with Crippen molar-refractivity contribution in [3.8, 4) is 5.75 Å². The minimum atomic E-state index is 0.165. The molecule has 1 fully saturated rings. The van der Waals surface area contributed by atoms with Gasteiger partial charge in [0.1, 0.15) is 5.75 Å². The second-order valence-electron chi connectivity index (χ2n) is 6.47. The monoisotopic (exact) mass is 309 g/mol. The molecule has 1 aliphatic rings. The molecule has 1 aromatic rings. The summed E-state index contributed by atoms with van der Waals surface area (Å²) in [6.07, 6.45) is 4.94. The first-order chi connectivity index (χ1) is 10.0. The van der Waals surface area contributed by atoms with Crippen LogP contribution >= 0.6 is 11.6 Å². The van der Waals surface area contributed by atoms with Crippen LogP contribution in [0.15, 0.2) is 18.2 Å². The molecule has 0 amide bonds. The summed E-state index contributed by atoms with van der Waals surface area (Å²) < 4.78 is 5.61. The molecule has 0 unspecified atom stereocenters. The lowest BCUT2D eigenvalue weighted by Crippen LogP contribution is -2.54. The molecule has 3 heteroatoms. The first-order valence-electron chi connectivity index (χ1n) is 8.09. The van der Waals surface area contributed by atoms with E-state index in [9.17, 15) is 0 Å². The topological polar surface area (TPSA) is 21.3 Å². The zero-order valence-electron chi connectivity index (χ0n) is 13.8. The van der Waals surface area contributed by atoms with Crippen molar-refractivity contribution in [1.29, 1.82) is 0 Å². The maximum atomic E-state index is 6.26. The highest BCUT2D eigenvalue weighted by Gasteiger charge is 2.53. The Hall–Kier alpha value is -0.730. The Morgan fingerprint density at radius 1 is 1.19 bits per heavy atom. The summed E-state index contributed by atoms with van der Waals surface area (Å²) in [6, 6.07) is 6.02. The standard InChI is InChI=1S/C18H28ClNO/c1-5-17(6-2)11-18(12-17,13-20-7-3)15-10-14(19)8-9-16(15)21-4/h8-10,20H,5-7,11-13H2,1-4H3. The van der Waals surface area contributed by atoms with Crippen molar-refractivity contribution in [1.82, 2.24) is 5.32 Å². The molecule has 0 heterocycles. The molecule has 1 saturated carbocycles. The number of benzene rings is 1. The van der Waals surface area contributed by atoms with Crippen LogP contribution in [0.25, 0.3) is 0 Å². The van der Waals surface area contributed by atoms with Gasteiger partial charge in [-0.3, -0.25) is 0 Å². The van der Waals surface area contributed by atoms with Crippen molar-refractivity contribution in [3.05, 3.63) is 28.8 Å². The molecule has 0 radical (unpaired) electrons. The van der Waals surface area contributed by atoms with Crippen LogP contribution in [0.4, 0.5) is 0 Å². The Morgan fingerprint density at radius 2 is 1.86 bits per heavy atom. The molecule has 21 heavy (non-hydrogen) atoms. The maximum Gasteiger partial charge on any atom is 0.122 e.